The van der Waals surface area contributed by atoms with E-state index in [4.69, 9.17) is 35.9 Å². The highest BCUT2D eigenvalue weighted by Crippen LogP contribution is 2.33. The molecule has 0 bridgehead atoms. The van der Waals surface area contributed by atoms with Gasteiger partial charge in [0, 0.05) is 29.1 Å². The average Bonchev–Trinajstić information content (AvgIpc) is 3.41. The third-order valence-electron chi connectivity index (χ3n) is 6.24. The van der Waals surface area contributed by atoms with E-state index in [-0.39, 0.29) is 18.9 Å². The van der Waals surface area contributed by atoms with Gasteiger partial charge in [-0.1, -0.05) is 6.07 Å². The second kappa shape index (κ2) is 10.9. The summed E-state index contributed by atoms with van der Waals surface area (Å²) in [6.07, 6.45) is 0. The van der Waals surface area contributed by atoms with E-state index in [1.807, 2.05) is 59.5 Å². The fourth-order valence-corrected chi connectivity index (χ4v) is 4.47. The predicted molar refractivity (Wildman–Crippen MR) is 149 cm³/mol. The lowest BCUT2D eigenvalue weighted by Crippen LogP contribution is -2.35. The van der Waals surface area contributed by atoms with Gasteiger partial charge in [-0.15, -0.1) is 0 Å². The normalized spacial score (nSPS) is 11.8. The number of thiocarbonyl (C=S) groups is 1. The number of rotatable bonds is 8. The zero-order valence-corrected chi connectivity index (χ0v) is 22.0. The van der Waals surface area contributed by atoms with Crippen LogP contribution in [0.3, 0.4) is 0 Å². The molecule has 5 rings (SSSR count). The molecule has 0 unspecified atom stereocenters. The predicted octanol–water partition coefficient (Wildman–Crippen LogP) is 4.68. The molecule has 1 aliphatic heterocycles. The van der Waals surface area contributed by atoms with Gasteiger partial charge in [0.1, 0.15) is 17.2 Å². The van der Waals surface area contributed by atoms with Gasteiger partial charge in [0.05, 0.1) is 33.6 Å². The van der Waals surface area contributed by atoms with E-state index < -0.39 is 0 Å². The van der Waals surface area contributed by atoms with Gasteiger partial charge < -0.3 is 38.9 Å². The van der Waals surface area contributed by atoms with Gasteiger partial charge in [0.2, 0.25) is 6.79 Å². The highest BCUT2D eigenvalue weighted by Gasteiger charge is 2.19. The van der Waals surface area contributed by atoms with Crippen molar-refractivity contribution in [2.24, 2.45) is 0 Å². The molecule has 0 aliphatic carbocycles. The number of methoxy groups -OCH3 is 3. The molecule has 9 nitrogen and oxygen atoms in total. The fourth-order valence-electron chi connectivity index (χ4n) is 4.24. The van der Waals surface area contributed by atoms with Crippen molar-refractivity contribution in [1.29, 1.82) is 0 Å². The Morgan fingerprint density at radius 3 is 2.47 bits per heavy atom. The zero-order valence-electron chi connectivity index (χ0n) is 21.2. The molecule has 0 amide bonds. The number of aromatic amines is 1. The molecule has 1 aromatic heterocycles. The third kappa shape index (κ3) is 5.30. The van der Waals surface area contributed by atoms with E-state index in [1.165, 1.54) is 0 Å². The van der Waals surface area contributed by atoms with Crippen LogP contribution in [0.15, 0.2) is 65.5 Å². The summed E-state index contributed by atoms with van der Waals surface area (Å²) < 4.78 is 27.2. The number of H-pyrrole nitrogens is 1. The van der Waals surface area contributed by atoms with Crippen LogP contribution in [0, 0.1) is 0 Å². The van der Waals surface area contributed by atoms with Crippen LogP contribution in [0.4, 0.5) is 5.69 Å². The van der Waals surface area contributed by atoms with Gasteiger partial charge in [0.15, 0.2) is 16.6 Å². The number of hydrogen-bond donors (Lipinski definition) is 2. The van der Waals surface area contributed by atoms with Gasteiger partial charge in [-0.05, 0) is 66.3 Å². The number of anilines is 1. The topological polar surface area (TPSA) is 94.3 Å². The molecule has 0 spiro atoms. The molecule has 3 aromatic carbocycles. The molecule has 10 heteroatoms. The summed E-state index contributed by atoms with van der Waals surface area (Å²) in [5, 5.41) is 4.54. The Labute approximate surface area is 224 Å². The van der Waals surface area contributed by atoms with E-state index in [1.54, 1.807) is 27.4 Å². The first-order valence-corrected chi connectivity index (χ1v) is 12.2. The maximum absolute atomic E-state index is 13.0. The third-order valence-corrected chi connectivity index (χ3v) is 6.60. The van der Waals surface area contributed by atoms with Crippen molar-refractivity contribution in [3.05, 3.63) is 82.1 Å². The van der Waals surface area contributed by atoms with Crippen LogP contribution in [0.25, 0.3) is 10.9 Å². The quantitative estimate of drug-likeness (QED) is 0.313. The molecule has 0 atom stereocenters. The molecule has 0 saturated carbocycles. The SMILES string of the molecule is COc1ccc(NC(=S)N(Cc2ccc3c(c2)OCO3)Cc2cc3cc(OC)ccc3[nH]c2=O)c(OC)c1. The van der Waals surface area contributed by atoms with Crippen LogP contribution >= 0.6 is 12.2 Å². The smallest absolute Gasteiger partial charge is 0.253 e. The van der Waals surface area contributed by atoms with Crippen molar-refractivity contribution in [1.82, 2.24) is 9.88 Å². The van der Waals surface area contributed by atoms with Crippen molar-refractivity contribution in [3.8, 4) is 28.7 Å². The number of benzene rings is 3. The van der Waals surface area contributed by atoms with Crippen molar-refractivity contribution in [3.63, 3.8) is 0 Å². The second-order valence-electron chi connectivity index (χ2n) is 8.62. The zero-order chi connectivity index (χ0) is 26.6. The summed E-state index contributed by atoms with van der Waals surface area (Å²) in [5.41, 5.74) is 2.70. The van der Waals surface area contributed by atoms with Gasteiger partial charge in [-0.2, -0.15) is 0 Å². The minimum Gasteiger partial charge on any atom is -0.497 e. The van der Waals surface area contributed by atoms with E-state index in [0.717, 1.165) is 16.5 Å². The number of pyridine rings is 1. The molecule has 1 aliphatic rings. The first-order valence-electron chi connectivity index (χ1n) is 11.8. The highest BCUT2D eigenvalue weighted by molar-refractivity contribution is 7.80. The first kappa shape index (κ1) is 25.2. The molecular formula is C28H27N3O6S. The monoisotopic (exact) mass is 533 g/mol. The van der Waals surface area contributed by atoms with Gasteiger partial charge in [0.25, 0.3) is 5.56 Å². The van der Waals surface area contributed by atoms with E-state index in [9.17, 15) is 4.79 Å². The molecular weight excluding hydrogens is 506 g/mol. The number of ether oxygens (including phenoxy) is 5. The minimum absolute atomic E-state index is 0.190. The Morgan fingerprint density at radius 2 is 1.68 bits per heavy atom. The summed E-state index contributed by atoms with van der Waals surface area (Å²) in [6.45, 7) is 0.855. The molecule has 4 aromatic rings. The van der Waals surface area contributed by atoms with Crippen LogP contribution in [0.2, 0.25) is 0 Å². The molecule has 196 valence electrons. The van der Waals surface area contributed by atoms with Crippen LogP contribution in [0.5, 0.6) is 28.7 Å². The Balaban J connectivity index is 1.48. The van der Waals surface area contributed by atoms with Crippen LogP contribution in [0.1, 0.15) is 11.1 Å². The van der Waals surface area contributed by atoms with Crippen molar-refractivity contribution in [2.75, 3.05) is 33.4 Å². The van der Waals surface area contributed by atoms with Crippen molar-refractivity contribution in [2.45, 2.75) is 13.1 Å². The Morgan fingerprint density at radius 1 is 0.921 bits per heavy atom. The lowest BCUT2D eigenvalue weighted by molar-refractivity contribution is 0.174. The maximum Gasteiger partial charge on any atom is 0.253 e. The number of nitrogens with one attached hydrogen (secondary N) is 2. The van der Waals surface area contributed by atoms with Crippen molar-refractivity contribution >= 4 is 33.9 Å². The molecule has 2 N–H and O–H groups in total. The second-order valence-corrected chi connectivity index (χ2v) is 9.00. The summed E-state index contributed by atoms with van der Waals surface area (Å²) in [5.74, 6) is 3.31. The van der Waals surface area contributed by atoms with Crippen LogP contribution in [-0.2, 0) is 13.1 Å². The number of hydrogen-bond acceptors (Lipinski definition) is 7. The van der Waals surface area contributed by atoms with Crippen LogP contribution in [-0.4, -0.2) is 43.1 Å². The average molecular weight is 534 g/mol. The fraction of sp³-hybridized carbons (Fsp3) is 0.214. The summed E-state index contributed by atoms with van der Waals surface area (Å²) in [4.78, 5) is 17.9. The summed E-state index contributed by atoms with van der Waals surface area (Å²) in [7, 11) is 4.78. The van der Waals surface area contributed by atoms with Gasteiger partial charge in [-0.25, -0.2) is 0 Å². The Hall–Kier alpha value is -4.44. The lowest BCUT2D eigenvalue weighted by Gasteiger charge is -2.27. The van der Waals surface area contributed by atoms with E-state index in [0.29, 0.717) is 51.7 Å². The minimum atomic E-state index is -0.191. The van der Waals surface area contributed by atoms with Crippen molar-refractivity contribution < 1.29 is 23.7 Å². The van der Waals surface area contributed by atoms with Crippen LogP contribution < -0.4 is 34.6 Å². The number of fused-ring (bicyclic) bond motifs is 2. The lowest BCUT2D eigenvalue weighted by atomic mass is 10.1. The molecule has 2 heterocycles. The largest absolute Gasteiger partial charge is 0.497 e. The molecule has 0 radical (unpaired) electrons. The molecule has 0 fully saturated rings. The number of aromatic nitrogens is 1. The van der Waals surface area contributed by atoms with Gasteiger partial charge >= 0.3 is 0 Å². The maximum atomic E-state index is 13.0. The number of nitrogens with zero attached hydrogens (tertiary/aromatic N) is 1. The standard InChI is InChI=1S/C28H27N3O6S/c1-33-20-5-7-22-18(12-20)11-19(27(32)29-22)15-31(14-17-4-9-24-26(10-17)37-16-36-24)28(38)30-23-8-6-21(34-2)13-25(23)35-3/h4-13H,14-16H2,1-3H3,(H,29,32)(H,30,38). The highest BCUT2D eigenvalue weighted by atomic mass is 32.1. The van der Waals surface area contributed by atoms with E-state index in [2.05, 4.69) is 10.3 Å². The van der Waals surface area contributed by atoms with Gasteiger partial charge in [-0.3, -0.25) is 4.79 Å². The molecule has 38 heavy (non-hydrogen) atoms. The Bertz CT molecular complexity index is 1550. The summed E-state index contributed by atoms with van der Waals surface area (Å²) in [6, 6.07) is 18.5. The Kier molecular flexibility index (Phi) is 7.23. The first-order chi connectivity index (χ1) is 18.5. The molecule has 0 saturated heterocycles. The van der Waals surface area contributed by atoms with E-state index >= 15 is 0 Å². The summed E-state index contributed by atoms with van der Waals surface area (Å²) >= 11 is 5.84.